The van der Waals surface area contributed by atoms with Gasteiger partial charge in [0.1, 0.15) is 5.82 Å². The van der Waals surface area contributed by atoms with Gasteiger partial charge < -0.3 is 5.73 Å². The van der Waals surface area contributed by atoms with Crippen LogP contribution < -0.4 is 5.73 Å². The minimum Gasteiger partial charge on any atom is -0.321 e. The molecule has 2 rings (SSSR count). The van der Waals surface area contributed by atoms with Gasteiger partial charge in [0.2, 0.25) is 0 Å². The van der Waals surface area contributed by atoms with E-state index >= 15 is 0 Å². The highest BCUT2D eigenvalue weighted by atomic mass is 79.9. The topological polar surface area (TPSA) is 26.0 Å². The van der Waals surface area contributed by atoms with Crippen molar-refractivity contribution < 1.29 is 4.39 Å². The summed E-state index contributed by atoms with van der Waals surface area (Å²) in [5.74, 6) is 0.0293. The molecule has 0 heterocycles. The molecule has 1 aliphatic rings. The summed E-state index contributed by atoms with van der Waals surface area (Å²) in [6.45, 7) is 4.01. The number of benzene rings is 1. The molecule has 3 heteroatoms. The van der Waals surface area contributed by atoms with Crippen molar-refractivity contribution in [2.24, 2.45) is 5.73 Å². The molecule has 1 aliphatic carbocycles. The molecule has 1 saturated carbocycles. The van der Waals surface area contributed by atoms with E-state index in [0.29, 0.717) is 4.47 Å². The molecule has 1 aromatic carbocycles. The molecule has 94 valence electrons. The molecule has 0 radical (unpaired) electrons. The number of nitrogens with two attached hydrogens (primary N) is 1. The fourth-order valence-corrected chi connectivity index (χ4v) is 3.09. The van der Waals surface area contributed by atoms with Crippen molar-refractivity contribution in [3.8, 4) is 0 Å². The molecule has 2 N–H and O–H groups in total. The van der Waals surface area contributed by atoms with E-state index in [0.717, 1.165) is 24.0 Å². The van der Waals surface area contributed by atoms with Crippen LogP contribution in [0.1, 0.15) is 56.6 Å². The average molecular weight is 300 g/mol. The highest BCUT2D eigenvalue weighted by Crippen LogP contribution is 2.39. The first-order valence-electron chi connectivity index (χ1n) is 6.22. The van der Waals surface area contributed by atoms with E-state index < -0.39 is 0 Å². The molecule has 0 aliphatic heterocycles. The fourth-order valence-electron chi connectivity index (χ4n) is 2.61. The smallest absolute Gasteiger partial charge is 0.140 e. The van der Waals surface area contributed by atoms with Crippen LogP contribution in [-0.2, 0) is 5.54 Å². The Balaban J connectivity index is 2.49. The Bertz CT molecular complexity index is 422. The zero-order chi connectivity index (χ0) is 12.6. The predicted molar refractivity (Wildman–Crippen MR) is 72.5 cm³/mol. The largest absolute Gasteiger partial charge is 0.321 e. The predicted octanol–water partition coefficient (Wildman–Crippen LogP) is 4.44. The monoisotopic (exact) mass is 299 g/mol. The Morgan fingerprint density at radius 3 is 2.41 bits per heavy atom. The van der Waals surface area contributed by atoms with Crippen molar-refractivity contribution in [2.75, 3.05) is 0 Å². The molecule has 1 fully saturated rings. The number of hydrogen-bond donors (Lipinski definition) is 1. The first-order chi connectivity index (χ1) is 7.94. The first-order valence-corrected chi connectivity index (χ1v) is 7.01. The van der Waals surface area contributed by atoms with Crippen LogP contribution >= 0.6 is 15.9 Å². The minimum atomic E-state index is -0.250. The van der Waals surface area contributed by atoms with Crippen molar-refractivity contribution in [2.45, 2.75) is 51.0 Å². The maximum Gasteiger partial charge on any atom is 0.140 e. The van der Waals surface area contributed by atoms with E-state index in [9.17, 15) is 4.39 Å². The van der Waals surface area contributed by atoms with Crippen LogP contribution in [0.25, 0.3) is 0 Å². The molecule has 0 atom stereocenters. The van der Waals surface area contributed by atoms with Crippen LogP contribution in [0.15, 0.2) is 16.6 Å². The van der Waals surface area contributed by atoms with Gasteiger partial charge in [-0.25, -0.2) is 4.39 Å². The summed E-state index contributed by atoms with van der Waals surface area (Å²) >= 11 is 3.31. The molecule has 0 unspecified atom stereocenters. The Hall–Kier alpha value is -0.410. The Morgan fingerprint density at radius 1 is 1.29 bits per heavy atom. The third-order valence-electron chi connectivity index (χ3n) is 3.75. The lowest BCUT2D eigenvalue weighted by molar-refractivity contribution is 0.458. The van der Waals surface area contributed by atoms with E-state index in [-0.39, 0.29) is 17.3 Å². The van der Waals surface area contributed by atoms with Gasteiger partial charge >= 0.3 is 0 Å². The van der Waals surface area contributed by atoms with Crippen LogP contribution in [0.2, 0.25) is 0 Å². The van der Waals surface area contributed by atoms with Crippen molar-refractivity contribution in [1.29, 1.82) is 0 Å². The average Bonchev–Trinajstić information content (AvgIpc) is 2.69. The van der Waals surface area contributed by atoms with E-state index in [4.69, 9.17) is 5.73 Å². The minimum absolute atomic E-state index is 0.148. The summed E-state index contributed by atoms with van der Waals surface area (Å²) in [6.07, 6.45) is 4.34. The molecular weight excluding hydrogens is 281 g/mol. The summed E-state index contributed by atoms with van der Waals surface area (Å²) in [5, 5.41) is 0. The number of hydrogen-bond acceptors (Lipinski definition) is 1. The van der Waals surface area contributed by atoms with Gasteiger partial charge in [0.25, 0.3) is 0 Å². The van der Waals surface area contributed by atoms with E-state index in [2.05, 4.69) is 15.9 Å². The molecule has 0 spiro atoms. The third-order valence-corrected chi connectivity index (χ3v) is 4.33. The van der Waals surface area contributed by atoms with Gasteiger partial charge in [-0.3, -0.25) is 0 Å². The van der Waals surface area contributed by atoms with Gasteiger partial charge in [0.15, 0.2) is 0 Å². The Labute approximate surface area is 111 Å². The third kappa shape index (κ3) is 2.41. The second-order valence-corrected chi connectivity index (χ2v) is 6.23. The van der Waals surface area contributed by atoms with Gasteiger partial charge in [-0.05, 0) is 51.9 Å². The molecule has 1 nitrogen and oxygen atoms in total. The second-order valence-electron chi connectivity index (χ2n) is 5.38. The molecular formula is C14H19BrFN. The number of halogens is 2. The highest BCUT2D eigenvalue weighted by molar-refractivity contribution is 9.10. The fraction of sp³-hybridized carbons (Fsp3) is 0.571. The SMILES string of the molecule is CC(C)c1cc(C2(N)CCCC2)cc(Br)c1F. The zero-order valence-electron chi connectivity index (χ0n) is 10.4. The van der Waals surface area contributed by atoms with Crippen molar-refractivity contribution >= 4 is 15.9 Å². The molecule has 17 heavy (non-hydrogen) atoms. The normalized spacial score (nSPS) is 18.9. The number of rotatable bonds is 2. The van der Waals surface area contributed by atoms with Gasteiger partial charge in [-0.15, -0.1) is 0 Å². The standard InChI is InChI=1S/C14H19BrFN/c1-9(2)11-7-10(8-12(15)13(11)16)14(17)5-3-4-6-14/h7-9H,3-6,17H2,1-2H3. The van der Waals surface area contributed by atoms with Gasteiger partial charge in [-0.2, -0.15) is 0 Å². The highest BCUT2D eigenvalue weighted by Gasteiger charge is 2.32. The van der Waals surface area contributed by atoms with Crippen molar-refractivity contribution in [3.63, 3.8) is 0 Å². The molecule has 0 bridgehead atoms. The lowest BCUT2D eigenvalue weighted by Gasteiger charge is -2.26. The van der Waals surface area contributed by atoms with E-state index in [1.54, 1.807) is 0 Å². The van der Waals surface area contributed by atoms with Gasteiger partial charge in [0, 0.05) is 5.54 Å². The molecule has 0 saturated heterocycles. The summed E-state index contributed by atoms with van der Waals surface area (Å²) in [5.41, 5.74) is 8.01. The van der Waals surface area contributed by atoms with Crippen LogP contribution in [0.3, 0.4) is 0 Å². The van der Waals surface area contributed by atoms with Crippen molar-refractivity contribution in [3.05, 3.63) is 33.5 Å². The molecule has 0 amide bonds. The first kappa shape index (κ1) is 13.0. The Morgan fingerprint density at radius 2 is 1.88 bits per heavy atom. The lowest BCUT2D eigenvalue weighted by Crippen LogP contribution is -2.33. The van der Waals surface area contributed by atoms with Crippen molar-refractivity contribution in [1.82, 2.24) is 0 Å². The van der Waals surface area contributed by atoms with E-state index in [1.807, 2.05) is 26.0 Å². The zero-order valence-corrected chi connectivity index (χ0v) is 12.0. The summed E-state index contributed by atoms with van der Waals surface area (Å²) in [4.78, 5) is 0. The quantitative estimate of drug-likeness (QED) is 0.858. The maximum atomic E-state index is 14.0. The van der Waals surface area contributed by atoms with Gasteiger partial charge in [-0.1, -0.05) is 32.8 Å². The lowest BCUT2D eigenvalue weighted by atomic mass is 9.86. The van der Waals surface area contributed by atoms with Gasteiger partial charge in [0.05, 0.1) is 4.47 Å². The van der Waals surface area contributed by atoms with Crippen LogP contribution in [0.4, 0.5) is 4.39 Å². The Kier molecular flexibility index (Phi) is 3.60. The van der Waals surface area contributed by atoms with E-state index in [1.165, 1.54) is 12.8 Å². The molecule has 1 aromatic rings. The van der Waals surface area contributed by atoms with Crippen LogP contribution in [0, 0.1) is 5.82 Å². The summed E-state index contributed by atoms with van der Waals surface area (Å²) in [6, 6.07) is 3.81. The molecule has 0 aromatic heterocycles. The second kappa shape index (κ2) is 4.69. The van der Waals surface area contributed by atoms with Crippen LogP contribution in [0.5, 0.6) is 0 Å². The maximum absolute atomic E-state index is 14.0. The summed E-state index contributed by atoms with van der Waals surface area (Å²) < 4.78 is 14.5. The summed E-state index contributed by atoms with van der Waals surface area (Å²) in [7, 11) is 0. The van der Waals surface area contributed by atoms with Crippen LogP contribution in [-0.4, -0.2) is 0 Å².